The summed E-state index contributed by atoms with van der Waals surface area (Å²) in [5.74, 6) is 0.0504. The molecule has 0 aromatic heterocycles. The van der Waals surface area contributed by atoms with Gasteiger partial charge in [0.2, 0.25) is 10.0 Å². The summed E-state index contributed by atoms with van der Waals surface area (Å²) in [5, 5.41) is 11.4. The molecule has 0 bridgehead atoms. The van der Waals surface area contributed by atoms with Crippen molar-refractivity contribution in [2.24, 2.45) is 5.14 Å². The molecule has 0 saturated carbocycles. The van der Waals surface area contributed by atoms with Crippen molar-refractivity contribution in [2.45, 2.75) is 24.7 Å². The number of nitrogens with one attached hydrogen (secondary N) is 2. The van der Waals surface area contributed by atoms with E-state index in [1.807, 2.05) is 19.1 Å². The highest BCUT2D eigenvalue weighted by Gasteiger charge is 2.23. The number of carbonyl (C=O) groups is 1. The molecule has 0 saturated heterocycles. The molecule has 4 N–H and O–H groups in total. The molecule has 3 aromatic rings. The number of nitrogens with two attached hydrogens (primary N) is 1. The first-order chi connectivity index (χ1) is 14.9. The van der Waals surface area contributed by atoms with Gasteiger partial charge in [-0.25, -0.2) is 13.6 Å². The minimum atomic E-state index is -4.18. The first kappa shape index (κ1) is 22.3. The lowest BCUT2D eigenvalue weighted by atomic mass is 10.1. The molecule has 31 heavy (non-hydrogen) atoms. The van der Waals surface area contributed by atoms with Crippen LogP contribution in [-0.2, 0) is 10.0 Å². The Balaban J connectivity index is 2.06. The fourth-order valence-electron chi connectivity index (χ4n) is 2.91. The number of hydrogen-bond donors (Lipinski definition) is 3. The highest BCUT2D eigenvalue weighted by atomic mass is 32.2. The Kier molecular flexibility index (Phi) is 7.28. The standard InChI is InChI=1S/C23H25N3O4S/c1-2-3-14-25-20-15-17(23(27)26-18-10-6-4-7-11-18)16-21(31(24,28)29)22(20)30-19-12-8-5-9-13-19/h4-13,15-16,25H,2-3,14H2,1H3,(H,26,27)(H2,24,28,29). The second-order valence-corrected chi connectivity index (χ2v) is 8.44. The quantitative estimate of drug-likeness (QED) is 0.422. The molecule has 0 radical (unpaired) electrons. The smallest absolute Gasteiger partial charge is 0.255 e. The lowest BCUT2D eigenvalue weighted by Gasteiger charge is -2.18. The molecule has 162 valence electrons. The van der Waals surface area contributed by atoms with Gasteiger partial charge in [0.25, 0.3) is 5.91 Å². The third-order valence-corrected chi connectivity index (χ3v) is 5.38. The summed E-state index contributed by atoms with van der Waals surface area (Å²) >= 11 is 0. The van der Waals surface area contributed by atoms with Crippen LogP contribution in [0.5, 0.6) is 11.5 Å². The largest absolute Gasteiger partial charge is 0.454 e. The van der Waals surface area contributed by atoms with Gasteiger partial charge in [-0.05, 0) is 42.8 Å². The van der Waals surface area contributed by atoms with Crippen molar-refractivity contribution in [3.63, 3.8) is 0 Å². The Hall–Kier alpha value is -3.36. The second kappa shape index (κ2) is 10.1. The van der Waals surface area contributed by atoms with Crippen molar-refractivity contribution in [1.29, 1.82) is 0 Å². The average Bonchev–Trinajstić information content (AvgIpc) is 2.75. The summed E-state index contributed by atoms with van der Waals surface area (Å²) in [7, 11) is -4.18. The number of rotatable bonds is 9. The summed E-state index contributed by atoms with van der Waals surface area (Å²) < 4.78 is 30.7. The van der Waals surface area contributed by atoms with E-state index in [9.17, 15) is 13.2 Å². The normalized spacial score (nSPS) is 11.0. The first-order valence-corrected chi connectivity index (χ1v) is 11.5. The van der Waals surface area contributed by atoms with Crippen LogP contribution in [0.2, 0.25) is 0 Å². The SMILES string of the molecule is CCCCNc1cc(C(=O)Nc2ccccc2)cc(S(N)(=O)=O)c1Oc1ccccc1. The molecule has 0 heterocycles. The van der Waals surface area contributed by atoms with E-state index in [0.29, 0.717) is 23.7 Å². The van der Waals surface area contributed by atoms with E-state index in [1.165, 1.54) is 6.07 Å². The van der Waals surface area contributed by atoms with E-state index >= 15 is 0 Å². The maximum Gasteiger partial charge on any atom is 0.255 e. The average molecular weight is 440 g/mol. The molecular formula is C23H25N3O4S. The van der Waals surface area contributed by atoms with Crippen LogP contribution in [0.25, 0.3) is 0 Å². The molecule has 0 fully saturated rings. The Morgan fingerprint density at radius 2 is 1.65 bits per heavy atom. The van der Waals surface area contributed by atoms with Crippen molar-refractivity contribution in [3.8, 4) is 11.5 Å². The monoisotopic (exact) mass is 439 g/mol. The zero-order valence-electron chi connectivity index (χ0n) is 17.2. The van der Waals surface area contributed by atoms with Crippen molar-refractivity contribution in [2.75, 3.05) is 17.2 Å². The maximum atomic E-state index is 12.8. The first-order valence-electron chi connectivity index (χ1n) is 9.92. The van der Waals surface area contributed by atoms with Gasteiger partial charge >= 0.3 is 0 Å². The number of primary sulfonamides is 1. The van der Waals surface area contributed by atoms with Crippen LogP contribution in [0.1, 0.15) is 30.1 Å². The summed E-state index contributed by atoms with van der Waals surface area (Å²) in [6.07, 6.45) is 1.80. The fraction of sp³-hybridized carbons (Fsp3) is 0.174. The van der Waals surface area contributed by atoms with Gasteiger partial charge < -0.3 is 15.4 Å². The molecule has 3 rings (SSSR count). The minimum Gasteiger partial charge on any atom is -0.454 e. The van der Waals surface area contributed by atoms with E-state index in [2.05, 4.69) is 10.6 Å². The van der Waals surface area contributed by atoms with Gasteiger partial charge in [0.05, 0.1) is 5.69 Å². The van der Waals surface area contributed by atoms with Gasteiger partial charge in [-0.3, -0.25) is 4.79 Å². The number of benzene rings is 3. The second-order valence-electron chi connectivity index (χ2n) is 6.91. The number of amides is 1. The molecule has 0 unspecified atom stereocenters. The van der Waals surface area contributed by atoms with Crippen LogP contribution in [-0.4, -0.2) is 20.9 Å². The highest BCUT2D eigenvalue weighted by Crippen LogP contribution is 2.37. The van der Waals surface area contributed by atoms with Crippen LogP contribution in [0, 0.1) is 0 Å². The number of anilines is 2. The molecular weight excluding hydrogens is 414 g/mol. The Bertz CT molecular complexity index is 1130. The number of para-hydroxylation sites is 2. The molecule has 1 amide bonds. The predicted molar refractivity (Wildman–Crippen MR) is 122 cm³/mol. The number of carbonyl (C=O) groups excluding carboxylic acids is 1. The van der Waals surface area contributed by atoms with Gasteiger partial charge in [0, 0.05) is 17.8 Å². The van der Waals surface area contributed by atoms with E-state index in [0.717, 1.165) is 12.8 Å². The van der Waals surface area contributed by atoms with Crippen molar-refractivity contribution >= 4 is 27.3 Å². The van der Waals surface area contributed by atoms with Crippen molar-refractivity contribution in [3.05, 3.63) is 78.4 Å². The fourth-order valence-corrected chi connectivity index (χ4v) is 3.61. The van der Waals surface area contributed by atoms with Gasteiger partial charge in [-0.1, -0.05) is 49.7 Å². The third-order valence-electron chi connectivity index (χ3n) is 4.46. The third kappa shape index (κ3) is 6.07. The highest BCUT2D eigenvalue weighted by molar-refractivity contribution is 7.89. The van der Waals surface area contributed by atoms with Crippen LogP contribution in [0.15, 0.2) is 77.7 Å². The zero-order valence-corrected chi connectivity index (χ0v) is 18.0. The molecule has 0 aliphatic carbocycles. The predicted octanol–water partition coefficient (Wildman–Crippen LogP) is 4.59. The molecule has 0 atom stereocenters. The summed E-state index contributed by atoms with van der Waals surface area (Å²) in [6.45, 7) is 2.62. The summed E-state index contributed by atoms with van der Waals surface area (Å²) in [4.78, 5) is 12.6. The number of ether oxygens (including phenoxy) is 1. The molecule has 3 aromatic carbocycles. The lowest BCUT2D eigenvalue weighted by molar-refractivity contribution is 0.102. The van der Waals surface area contributed by atoms with Crippen molar-refractivity contribution in [1.82, 2.24) is 0 Å². The van der Waals surface area contributed by atoms with Gasteiger partial charge in [0.1, 0.15) is 10.6 Å². The maximum absolute atomic E-state index is 12.8. The number of unbranched alkanes of at least 4 members (excludes halogenated alkanes) is 1. The van der Waals surface area contributed by atoms with E-state index in [1.54, 1.807) is 54.6 Å². The van der Waals surface area contributed by atoms with E-state index in [-0.39, 0.29) is 16.2 Å². The summed E-state index contributed by atoms with van der Waals surface area (Å²) in [5.41, 5.74) is 1.11. The number of sulfonamides is 1. The molecule has 0 spiro atoms. The Labute approximate surface area is 182 Å². The zero-order chi connectivity index (χ0) is 22.3. The lowest BCUT2D eigenvalue weighted by Crippen LogP contribution is -2.18. The molecule has 8 heteroatoms. The minimum absolute atomic E-state index is 0.0565. The van der Waals surface area contributed by atoms with Crippen LogP contribution in [0.4, 0.5) is 11.4 Å². The van der Waals surface area contributed by atoms with E-state index < -0.39 is 15.9 Å². The molecule has 0 aliphatic heterocycles. The topological polar surface area (TPSA) is 111 Å². The van der Waals surface area contributed by atoms with Gasteiger partial charge in [-0.2, -0.15) is 0 Å². The molecule has 7 nitrogen and oxygen atoms in total. The Morgan fingerprint density at radius 1 is 1.00 bits per heavy atom. The van der Waals surface area contributed by atoms with Crippen molar-refractivity contribution < 1.29 is 17.9 Å². The van der Waals surface area contributed by atoms with Crippen LogP contribution < -0.4 is 20.5 Å². The molecule has 0 aliphatic rings. The van der Waals surface area contributed by atoms with Gasteiger partial charge in [-0.15, -0.1) is 0 Å². The Morgan fingerprint density at radius 3 is 2.26 bits per heavy atom. The summed E-state index contributed by atoms with van der Waals surface area (Å²) in [6, 6.07) is 20.5. The van der Waals surface area contributed by atoms with E-state index in [4.69, 9.17) is 9.88 Å². The number of hydrogen-bond acceptors (Lipinski definition) is 5. The van der Waals surface area contributed by atoms with Crippen LogP contribution >= 0.6 is 0 Å². The van der Waals surface area contributed by atoms with Crippen LogP contribution in [0.3, 0.4) is 0 Å². The van der Waals surface area contributed by atoms with Gasteiger partial charge in [0.15, 0.2) is 5.75 Å².